The van der Waals surface area contributed by atoms with E-state index in [1.165, 1.54) is 76.2 Å². The van der Waals surface area contributed by atoms with Crippen LogP contribution in [-0.4, -0.2) is 6.10 Å². The fourth-order valence-corrected chi connectivity index (χ4v) is 4.74. The van der Waals surface area contributed by atoms with Crippen LogP contribution >= 0.6 is 0 Å². The van der Waals surface area contributed by atoms with Gasteiger partial charge in [-0.15, -0.1) is 0 Å². The van der Waals surface area contributed by atoms with Gasteiger partial charge in [0.05, 0.1) is 11.7 Å². The standard InChI is InChI=1S/C29H39NO/c1-3-4-5-7-10-23(2)31-29-20-19-27(21-28(29)22-30)26-17-15-25(16-18-26)14-13-24-11-8-6-9-12-24/h15-21,23-24H,3-14H2,1-2H3/t23-/m0/s1. The molecule has 3 rings (SSSR count). The number of nitrogens with zero attached hydrogens (tertiary/aromatic N) is 1. The molecule has 2 aromatic carbocycles. The minimum Gasteiger partial charge on any atom is -0.489 e. The molecule has 0 aromatic heterocycles. The fraction of sp³-hybridized carbons (Fsp3) is 0.552. The van der Waals surface area contributed by atoms with Crippen LogP contribution in [0.15, 0.2) is 42.5 Å². The molecule has 1 atom stereocenters. The minimum atomic E-state index is 0.137. The van der Waals surface area contributed by atoms with Crippen LogP contribution in [0.1, 0.15) is 95.6 Å². The molecule has 0 aliphatic heterocycles. The third-order valence-corrected chi connectivity index (χ3v) is 6.75. The highest BCUT2D eigenvalue weighted by molar-refractivity contribution is 5.67. The number of unbranched alkanes of at least 4 members (excludes halogenated alkanes) is 3. The molecule has 166 valence electrons. The number of hydrogen-bond acceptors (Lipinski definition) is 2. The van der Waals surface area contributed by atoms with E-state index < -0.39 is 0 Å². The molecule has 31 heavy (non-hydrogen) atoms. The summed E-state index contributed by atoms with van der Waals surface area (Å²) in [5.41, 5.74) is 4.29. The van der Waals surface area contributed by atoms with E-state index in [9.17, 15) is 5.26 Å². The van der Waals surface area contributed by atoms with E-state index in [4.69, 9.17) is 4.74 Å². The summed E-state index contributed by atoms with van der Waals surface area (Å²) in [6, 6.07) is 17.3. The molecule has 0 heterocycles. The molecule has 1 fully saturated rings. The number of benzene rings is 2. The lowest BCUT2D eigenvalue weighted by molar-refractivity contribution is 0.206. The van der Waals surface area contributed by atoms with Gasteiger partial charge in [-0.2, -0.15) is 5.26 Å². The third-order valence-electron chi connectivity index (χ3n) is 6.75. The Morgan fingerprint density at radius 3 is 2.42 bits per heavy atom. The van der Waals surface area contributed by atoms with Crippen molar-refractivity contribution >= 4 is 0 Å². The lowest BCUT2D eigenvalue weighted by Crippen LogP contribution is -2.12. The predicted octanol–water partition coefficient (Wildman–Crippen LogP) is 8.48. The summed E-state index contributed by atoms with van der Waals surface area (Å²) in [4.78, 5) is 0. The van der Waals surface area contributed by atoms with Gasteiger partial charge in [0.25, 0.3) is 0 Å². The summed E-state index contributed by atoms with van der Waals surface area (Å²) in [5, 5.41) is 9.66. The molecule has 0 N–H and O–H groups in total. The second-order valence-electron chi connectivity index (χ2n) is 9.34. The van der Waals surface area contributed by atoms with E-state index in [1.54, 1.807) is 0 Å². The van der Waals surface area contributed by atoms with Crippen LogP contribution < -0.4 is 4.74 Å². The molecule has 0 amide bonds. The average molecular weight is 418 g/mol. The Kier molecular flexibility index (Phi) is 9.47. The maximum Gasteiger partial charge on any atom is 0.137 e. The first-order valence-corrected chi connectivity index (χ1v) is 12.5. The SMILES string of the molecule is CCCCCC[C@H](C)Oc1ccc(-c2ccc(CCC3CCCCC3)cc2)cc1C#N. The van der Waals surface area contributed by atoms with Crippen molar-refractivity contribution in [3.63, 3.8) is 0 Å². The maximum absolute atomic E-state index is 9.66. The van der Waals surface area contributed by atoms with Crippen molar-refractivity contribution in [2.75, 3.05) is 0 Å². The van der Waals surface area contributed by atoms with Crippen LogP contribution in [0.3, 0.4) is 0 Å². The highest BCUT2D eigenvalue weighted by Crippen LogP contribution is 2.30. The molecule has 1 aliphatic rings. The van der Waals surface area contributed by atoms with Crippen LogP contribution in [0, 0.1) is 17.2 Å². The second-order valence-corrected chi connectivity index (χ2v) is 9.34. The van der Waals surface area contributed by atoms with Crippen molar-refractivity contribution in [3.8, 4) is 22.9 Å². The number of ether oxygens (including phenoxy) is 1. The molecule has 2 nitrogen and oxygen atoms in total. The Morgan fingerprint density at radius 1 is 0.968 bits per heavy atom. The van der Waals surface area contributed by atoms with Crippen LogP contribution in [-0.2, 0) is 6.42 Å². The molecule has 0 saturated heterocycles. The fourth-order valence-electron chi connectivity index (χ4n) is 4.74. The Hall–Kier alpha value is -2.27. The maximum atomic E-state index is 9.66. The van der Waals surface area contributed by atoms with Crippen molar-refractivity contribution in [1.29, 1.82) is 5.26 Å². The van der Waals surface area contributed by atoms with E-state index in [0.29, 0.717) is 11.3 Å². The highest BCUT2D eigenvalue weighted by Gasteiger charge is 2.13. The summed E-state index contributed by atoms with van der Waals surface area (Å²) in [5.74, 6) is 1.63. The first-order valence-electron chi connectivity index (χ1n) is 12.5. The molecule has 2 heteroatoms. The second kappa shape index (κ2) is 12.6. The van der Waals surface area contributed by atoms with Gasteiger partial charge in [0, 0.05) is 0 Å². The third kappa shape index (κ3) is 7.42. The van der Waals surface area contributed by atoms with Crippen molar-refractivity contribution in [1.82, 2.24) is 0 Å². The lowest BCUT2D eigenvalue weighted by Gasteiger charge is -2.21. The number of nitriles is 1. The zero-order valence-electron chi connectivity index (χ0n) is 19.5. The minimum absolute atomic E-state index is 0.137. The first kappa shape index (κ1) is 23.4. The summed E-state index contributed by atoms with van der Waals surface area (Å²) in [7, 11) is 0. The van der Waals surface area contributed by atoms with Crippen LogP contribution in [0.5, 0.6) is 5.75 Å². The van der Waals surface area contributed by atoms with Gasteiger partial charge in [-0.1, -0.05) is 88.6 Å². The summed E-state index contributed by atoms with van der Waals surface area (Å²) < 4.78 is 6.09. The molecule has 0 spiro atoms. The Bertz CT molecular complexity index is 827. The quantitative estimate of drug-likeness (QED) is 0.343. The topological polar surface area (TPSA) is 33.0 Å². The van der Waals surface area contributed by atoms with E-state index in [2.05, 4.69) is 50.2 Å². The van der Waals surface area contributed by atoms with E-state index >= 15 is 0 Å². The zero-order chi connectivity index (χ0) is 21.9. The highest BCUT2D eigenvalue weighted by atomic mass is 16.5. The van der Waals surface area contributed by atoms with Gasteiger partial charge in [-0.25, -0.2) is 0 Å². The van der Waals surface area contributed by atoms with Crippen molar-refractivity contribution in [2.45, 2.75) is 97.0 Å². The van der Waals surface area contributed by atoms with Gasteiger partial charge < -0.3 is 4.74 Å². The smallest absolute Gasteiger partial charge is 0.137 e. The van der Waals surface area contributed by atoms with E-state index in [-0.39, 0.29) is 6.10 Å². The van der Waals surface area contributed by atoms with Gasteiger partial charge in [0.2, 0.25) is 0 Å². The van der Waals surface area contributed by atoms with Gasteiger partial charge >= 0.3 is 0 Å². The van der Waals surface area contributed by atoms with Crippen molar-refractivity contribution < 1.29 is 4.74 Å². The molecule has 1 saturated carbocycles. The molecule has 2 aromatic rings. The van der Waals surface area contributed by atoms with Crippen molar-refractivity contribution in [2.24, 2.45) is 5.92 Å². The predicted molar refractivity (Wildman–Crippen MR) is 130 cm³/mol. The Labute approximate surface area is 189 Å². The van der Waals surface area contributed by atoms with Gasteiger partial charge in [0.15, 0.2) is 0 Å². The number of hydrogen-bond donors (Lipinski definition) is 0. The molecular formula is C29H39NO. The molecular weight excluding hydrogens is 378 g/mol. The van der Waals surface area contributed by atoms with Crippen molar-refractivity contribution in [3.05, 3.63) is 53.6 Å². The van der Waals surface area contributed by atoms with Gasteiger partial charge in [-0.3, -0.25) is 0 Å². The molecule has 0 unspecified atom stereocenters. The number of aryl methyl sites for hydroxylation is 1. The Morgan fingerprint density at radius 2 is 1.71 bits per heavy atom. The molecule has 1 aliphatic carbocycles. The average Bonchev–Trinajstić information content (AvgIpc) is 2.82. The normalized spacial score (nSPS) is 15.4. The van der Waals surface area contributed by atoms with E-state index in [1.807, 2.05) is 12.1 Å². The first-order chi connectivity index (χ1) is 15.2. The van der Waals surface area contributed by atoms with Crippen LogP contribution in [0.4, 0.5) is 0 Å². The van der Waals surface area contributed by atoms with Gasteiger partial charge in [-0.05, 0) is 67.3 Å². The largest absolute Gasteiger partial charge is 0.489 e. The lowest BCUT2D eigenvalue weighted by atomic mass is 9.85. The molecule has 0 bridgehead atoms. The van der Waals surface area contributed by atoms with Gasteiger partial charge in [0.1, 0.15) is 11.8 Å². The monoisotopic (exact) mass is 417 g/mol. The van der Waals surface area contributed by atoms with E-state index in [0.717, 1.165) is 23.5 Å². The van der Waals surface area contributed by atoms with Crippen LogP contribution in [0.25, 0.3) is 11.1 Å². The number of rotatable bonds is 11. The summed E-state index contributed by atoms with van der Waals surface area (Å²) >= 11 is 0. The summed E-state index contributed by atoms with van der Waals surface area (Å²) in [6.07, 6.45) is 15.7. The summed E-state index contributed by atoms with van der Waals surface area (Å²) in [6.45, 7) is 4.33. The zero-order valence-corrected chi connectivity index (χ0v) is 19.5. The van der Waals surface area contributed by atoms with Crippen LogP contribution in [0.2, 0.25) is 0 Å². The Balaban J connectivity index is 1.57. The molecule has 0 radical (unpaired) electrons.